The lowest BCUT2D eigenvalue weighted by Gasteiger charge is -2.09. The monoisotopic (exact) mass is 462 g/mol. The maximum Gasteiger partial charge on any atom is 0.416 e. The van der Waals surface area contributed by atoms with Crippen molar-refractivity contribution in [3.63, 3.8) is 0 Å². The number of para-hydroxylation sites is 1. The molecule has 158 valence electrons. The number of aromatic nitrogens is 1. The van der Waals surface area contributed by atoms with E-state index in [1.54, 1.807) is 23.6 Å². The third-order valence-electron chi connectivity index (χ3n) is 4.20. The third-order valence-corrected chi connectivity index (χ3v) is 6.22. The number of nitrogens with one attached hydrogen (secondary N) is 1. The minimum atomic E-state index is -4.48. The summed E-state index contributed by atoms with van der Waals surface area (Å²) in [6.45, 7) is 0. The molecule has 4 rings (SSSR count). The van der Waals surface area contributed by atoms with Gasteiger partial charge in [-0.15, -0.1) is 11.3 Å². The largest absolute Gasteiger partial charge is 0.422 e. The van der Waals surface area contributed by atoms with Crippen LogP contribution in [0, 0.1) is 0 Å². The molecule has 0 saturated carbocycles. The van der Waals surface area contributed by atoms with Gasteiger partial charge in [0.05, 0.1) is 22.6 Å². The summed E-state index contributed by atoms with van der Waals surface area (Å²) in [6.07, 6.45) is -4.48. The van der Waals surface area contributed by atoms with Gasteiger partial charge < -0.3 is 9.73 Å². The number of carbonyl (C=O) groups excluding carboxylic acids is 1. The summed E-state index contributed by atoms with van der Waals surface area (Å²) in [7, 11) is 0. The van der Waals surface area contributed by atoms with E-state index in [9.17, 15) is 22.8 Å². The van der Waals surface area contributed by atoms with E-state index in [1.807, 2.05) is 12.1 Å². The number of thiazole rings is 1. The first-order valence-corrected chi connectivity index (χ1v) is 10.7. The summed E-state index contributed by atoms with van der Waals surface area (Å²) in [5, 5.41) is 4.90. The van der Waals surface area contributed by atoms with Gasteiger partial charge in [0.25, 0.3) is 0 Å². The summed E-state index contributed by atoms with van der Waals surface area (Å²) in [6, 6.07) is 13.3. The van der Waals surface area contributed by atoms with Crippen molar-refractivity contribution in [1.29, 1.82) is 0 Å². The predicted molar refractivity (Wildman–Crippen MR) is 114 cm³/mol. The Hall–Kier alpha value is -3.11. The van der Waals surface area contributed by atoms with Crippen molar-refractivity contribution in [2.24, 2.45) is 0 Å². The number of nitrogens with zero attached hydrogens (tertiary/aromatic N) is 1. The Morgan fingerprint density at radius 3 is 2.74 bits per heavy atom. The van der Waals surface area contributed by atoms with Crippen molar-refractivity contribution in [3.8, 4) is 11.3 Å². The van der Waals surface area contributed by atoms with Crippen molar-refractivity contribution >= 4 is 45.7 Å². The first-order valence-electron chi connectivity index (χ1n) is 8.88. The molecule has 4 aromatic rings. The zero-order valence-corrected chi connectivity index (χ0v) is 17.2. The number of carbonyl (C=O) groups is 1. The Morgan fingerprint density at radius 2 is 1.94 bits per heavy atom. The maximum absolute atomic E-state index is 12.8. The molecule has 2 aromatic heterocycles. The van der Waals surface area contributed by atoms with Gasteiger partial charge in [0.15, 0.2) is 4.34 Å². The molecule has 0 radical (unpaired) electrons. The second-order valence-electron chi connectivity index (χ2n) is 6.40. The summed E-state index contributed by atoms with van der Waals surface area (Å²) >= 11 is 2.38. The van der Waals surface area contributed by atoms with Gasteiger partial charge in [-0.1, -0.05) is 36.0 Å². The number of amides is 1. The maximum atomic E-state index is 12.8. The molecule has 0 aliphatic carbocycles. The molecule has 10 heteroatoms. The number of rotatable bonds is 5. The van der Waals surface area contributed by atoms with Crippen molar-refractivity contribution in [2.75, 3.05) is 11.1 Å². The smallest absolute Gasteiger partial charge is 0.416 e. The molecular weight excluding hydrogens is 449 g/mol. The van der Waals surface area contributed by atoms with Crippen LogP contribution in [-0.4, -0.2) is 16.6 Å². The lowest BCUT2D eigenvalue weighted by Crippen LogP contribution is -2.15. The fourth-order valence-corrected chi connectivity index (χ4v) is 4.41. The standard InChI is InChI=1S/C21H13F3N2O3S2/c22-21(23,24)13-5-3-6-14(9-13)25-18(27)11-31-20-26-16(10-30-20)15-8-12-4-1-2-7-17(12)29-19(15)28/h1-10H,11H2,(H,25,27). The van der Waals surface area contributed by atoms with Crippen LogP contribution in [0.1, 0.15) is 5.56 Å². The third kappa shape index (κ3) is 4.97. The average Bonchev–Trinajstić information content (AvgIpc) is 3.20. The average molecular weight is 462 g/mol. The molecule has 0 bridgehead atoms. The Morgan fingerprint density at radius 1 is 1.13 bits per heavy atom. The number of hydrogen-bond donors (Lipinski definition) is 1. The van der Waals surface area contributed by atoms with Gasteiger partial charge in [-0.3, -0.25) is 4.79 Å². The fourth-order valence-electron chi connectivity index (χ4n) is 2.79. The predicted octanol–water partition coefficient (Wildman–Crippen LogP) is 5.67. The highest BCUT2D eigenvalue weighted by Gasteiger charge is 2.30. The summed E-state index contributed by atoms with van der Waals surface area (Å²) in [5.41, 5.74) is -0.0542. The molecule has 0 spiro atoms. The molecule has 2 aromatic carbocycles. The number of thioether (sulfide) groups is 1. The number of anilines is 1. The summed E-state index contributed by atoms with van der Waals surface area (Å²) in [4.78, 5) is 28.7. The van der Waals surface area contributed by atoms with Gasteiger partial charge in [-0.05, 0) is 30.3 Å². The molecule has 0 fully saturated rings. The molecular formula is C21H13F3N2O3S2. The number of halogens is 3. The lowest BCUT2D eigenvalue weighted by atomic mass is 10.1. The summed E-state index contributed by atoms with van der Waals surface area (Å²) < 4.78 is 44.2. The molecule has 0 saturated heterocycles. The molecule has 1 N–H and O–H groups in total. The van der Waals surface area contributed by atoms with Gasteiger partial charge in [0.1, 0.15) is 5.58 Å². The number of hydrogen-bond acceptors (Lipinski definition) is 6. The highest BCUT2D eigenvalue weighted by atomic mass is 32.2. The van der Waals surface area contributed by atoms with E-state index in [4.69, 9.17) is 4.42 Å². The number of fused-ring (bicyclic) bond motifs is 1. The second-order valence-corrected chi connectivity index (χ2v) is 8.48. The van der Waals surface area contributed by atoms with Crippen LogP contribution in [0.5, 0.6) is 0 Å². The van der Waals surface area contributed by atoms with E-state index in [-0.39, 0.29) is 11.4 Å². The zero-order chi connectivity index (χ0) is 22.0. The SMILES string of the molecule is O=C(CSc1nc(-c2cc3ccccc3oc2=O)cs1)Nc1cccc(C(F)(F)F)c1. The van der Waals surface area contributed by atoms with E-state index in [0.29, 0.717) is 21.2 Å². The van der Waals surface area contributed by atoms with Gasteiger partial charge >= 0.3 is 11.8 Å². The molecule has 0 atom stereocenters. The minimum Gasteiger partial charge on any atom is -0.422 e. The van der Waals surface area contributed by atoms with E-state index in [1.165, 1.54) is 23.5 Å². The van der Waals surface area contributed by atoms with Gasteiger partial charge in [-0.2, -0.15) is 13.2 Å². The zero-order valence-electron chi connectivity index (χ0n) is 15.6. The molecule has 0 aliphatic heterocycles. The van der Waals surface area contributed by atoms with E-state index < -0.39 is 23.3 Å². The van der Waals surface area contributed by atoms with E-state index >= 15 is 0 Å². The van der Waals surface area contributed by atoms with Crippen LogP contribution in [0.25, 0.3) is 22.2 Å². The van der Waals surface area contributed by atoms with Gasteiger partial charge in [0, 0.05) is 16.5 Å². The minimum absolute atomic E-state index is 0.0461. The Bertz CT molecular complexity index is 1310. The molecule has 5 nitrogen and oxygen atoms in total. The molecule has 0 aliphatic rings. The van der Waals surface area contributed by atoms with Crippen molar-refractivity contribution in [3.05, 3.63) is 76.0 Å². The van der Waals surface area contributed by atoms with Crippen LogP contribution in [0.15, 0.2) is 73.5 Å². The van der Waals surface area contributed by atoms with Crippen LogP contribution in [0.2, 0.25) is 0 Å². The van der Waals surface area contributed by atoms with E-state index in [2.05, 4.69) is 10.3 Å². The Labute approximate surface area is 181 Å². The first-order chi connectivity index (χ1) is 14.8. The summed E-state index contributed by atoms with van der Waals surface area (Å²) in [5.74, 6) is -0.512. The van der Waals surface area contributed by atoms with Crippen LogP contribution >= 0.6 is 23.1 Å². The van der Waals surface area contributed by atoms with Crippen LogP contribution in [0.3, 0.4) is 0 Å². The highest BCUT2D eigenvalue weighted by molar-refractivity contribution is 8.01. The topological polar surface area (TPSA) is 72.2 Å². The molecule has 1 amide bonds. The van der Waals surface area contributed by atoms with Crippen molar-refractivity contribution in [2.45, 2.75) is 10.5 Å². The normalized spacial score (nSPS) is 11.6. The number of alkyl halides is 3. The second kappa shape index (κ2) is 8.56. The molecule has 31 heavy (non-hydrogen) atoms. The quantitative estimate of drug-likeness (QED) is 0.306. The van der Waals surface area contributed by atoms with Gasteiger partial charge in [-0.25, -0.2) is 9.78 Å². The number of benzene rings is 2. The van der Waals surface area contributed by atoms with Crippen LogP contribution < -0.4 is 10.9 Å². The fraction of sp³-hybridized carbons (Fsp3) is 0.0952. The van der Waals surface area contributed by atoms with Crippen LogP contribution in [-0.2, 0) is 11.0 Å². The molecule has 2 heterocycles. The van der Waals surface area contributed by atoms with Gasteiger partial charge in [0.2, 0.25) is 5.91 Å². The van der Waals surface area contributed by atoms with Crippen molar-refractivity contribution in [1.82, 2.24) is 4.98 Å². The highest BCUT2D eigenvalue weighted by Crippen LogP contribution is 2.31. The van der Waals surface area contributed by atoms with Crippen LogP contribution in [0.4, 0.5) is 18.9 Å². The lowest BCUT2D eigenvalue weighted by molar-refractivity contribution is -0.137. The van der Waals surface area contributed by atoms with Crippen molar-refractivity contribution < 1.29 is 22.4 Å². The van der Waals surface area contributed by atoms with E-state index in [0.717, 1.165) is 29.3 Å². The Kier molecular flexibility index (Phi) is 5.84. The molecule has 0 unspecified atom stereocenters. The first kappa shape index (κ1) is 21.1. The Balaban J connectivity index is 1.43.